The van der Waals surface area contributed by atoms with E-state index in [1.165, 1.54) is 12.1 Å². The van der Waals surface area contributed by atoms with Crippen LogP contribution in [0, 0.1) is 5.82 Å². The smallest absolute Gasteiger partial charge is 0.337 e. The van der Waals surface area contributed by atoms with Gasteiger partial charge in [-0.2, -0.15) is 0 Å². The fourth-order valence-corrected chi connectivity index (χ4v) is 2.34. The first-order chi connectivity index (χ1) is 10.2. The van der Waals surface area contributed by atoms with Crippen molar-refractivity contribution in [3.05, 3.63) is 78.2 Å². The lowest BCUT2D eigenvalue weighted by molar-refractivity contribution is 0.0698. The van der Waals surface area contributed by atoms with E-state index < -0.39 is 11.8 Å². The molecule has 0 saturated heterocycles. The van der Waals surface area contributed by atoms with E-state index in [-0.39, 0.29) is 5.56 Å². The summed E-state index contributed by atoms with van der Waals surface area (Å²) in [5.41, 5.74) is 1.66. The van der Waals surface area contributed by atoms with E-state index in [0.29, 0.717) is 11.4 Å². The highest BCUT2D eigenvalue weighted by molar-refractivity contribution is 5.95. The number of carbonyl (C=O) groups is 1. The largest absolute Gasteiger partial charge is 0.478 e. The maximum atomic E-state index is 14.0. The molecule has 104 valence electrons. The Morgan fingerprint density at radius 2 is 1.62 bits per heavy atom. The minimum Gasteiger partial charge on any atom is -0.478 e. The zero-order valence-electron chi connectivity index (χ0n) is 11.0. The van der Waals surface area contributed by atoms with E-state index in [1.807, 2.05) is 18.2 Å². The molecule has 3 nitrogen and oxygen atoms in total. The van der Waals surface area contributed by atoms with Gasteiger partial charge in [-0.3, -0.25) is 0 Å². The van der Waals surface area contributed by atoms with Crippen LogP contribution in [0.1, 0.15) is 10.4 Å². The van der Waals surface area contributed by atoms with Crippen molar-refractivity contribution in [2.24, 2.45) is 0 Å². The number of aromatic carboxylic acids is 1. The van der Waals surface area contributed by atoms with Crippen LogP contribution in [0.15, 0.2) is 66.9 Å². The number of aromatic nitrogens is 1. The number of hydrogen-bond donors (Lipinski definition) is 1. The molecule has 21 heavy (non-hydrogen) atoms. The summed E-state index contributed by atoms with van der Waals surface area (Å²) in [7, 11) is 0. The van der Waals surface area contributed by atoms with Crippen molar-refractivity contribution in [1.82, 2.24) is 4.57 Å². The number of hydrogen-bond acceptors (Lipinski definition) is 1. The Morgan fingerprint density at radius 1 is 0.952 bits per heavy atom. The van der Waals surface area contributed by atoms with Crippen molar-refractivity contribution in [3.8, 4) is 16.9 Å². The van der Waals surface area contributed by atoms with Crippen molar-refractivity contribution >= 4 is 5.97 Å². The number of benzene rings is 2. The molecule has 0 saturated carbocycles. The van der Waals surface area contributed by atoms with Gasteiger partial charge in [0.2, 0.25) is 0 Å². The predicted molar refractivity (Wildman–Crippen MR) is 78.1 cm³/mol. The number of halogens is 1. The second-order valence-electron chi connectivity index (χ2n) is 4.57. The molecule has 3 rings (SSSR count). The van der Waals surface area contributed by atoms with Gasteiger partial charge in [0, 0.05) is 6.20 Å². The van der Waals surface area contributed by atoms with Gasteiger partial charge in [-0.15, -0.1) is 0 Å². The van der Waals surface area contributed by atoms with Crippen LogP contribution >= 0.6 is 0 Å². The molecule has 0 aliphatic rings. The maximum Gasteiger partial charge on any atom is 0.337 e. The Hall–Kier alpha value is -2.88. The topological polar surface area (TPSA) is 42.2 Å². The van der Waals surface area contributed by atoms with Crippen LogP contribution < -0.4 is 0 Å². The first kappa shape index (κ1) is 13.1. The standard InChI is InChI=1S/C17H12FNO2/c18-14-8-4-5-9-15(14)19-11-10-13(17(20)21)16(19)12-6-2-1-3-7-12/h1-11H,(H,20,21). The molecule has 1 aromatic heterocycles. The zero-order valence-corrected chi connectivity index (χ0v) is 11.0. The summed E-state index contributed by atoms with van der Waals surface area (Å²) >= 11 is 0. The first-order valence-corrected chi connectivity index (χ1v) is 6.43. The molecule has 1 N–H and O–H groups in total. The van der Waals surface area contributed by atoms with E-state index in [9.17, 15) is 14.3 Å². The second-order valence-corrected chi connectivity index (χ2v) is 4.57. The number of nitrogens with zero attached hydrogens (tertiary/aromatic N) is 1. The first-order valence-electron chi connectivity index (χ1n) is 6.43. The highest BCUT2D eigenvalue weighted by Gasteiger charge is 2.18. The van der Waals surface area contributed by atoms with Crippen LogP contribution in [-0.4, -0.2) is 15.6 Å². The van der Waals surface area contributed by atoms with Gasteiger partial charge in [0.25, 0.3) is 0 Å². The second kappa shape index (κ2) is 5.25. The number of carboxylic acids is 1. The van der Waals surface area contributed by atoms with E-state index in [1.54, 1.807) is 41.1 Å². The molecule has 0 aliphatic heterocycles. The van der Waals surface area contributed by atoms with Crippen LogP contribution in [0.5, 0.6) is 0 Å². The Bertz CT molecular complexity index is 794. The molecule has 0 aliphatic carbocycles. The van der Waals surface area contributed by atoms with Gasteiger partial charge in [-0.05, 0) is 23.8 Å². The van der Waals surface area contributed by atoms with Crippen LogP contribution in [0.25, 0.3) is 16.9 Å². The molecule has 1 heterocycles. The molecular formula is C17H12FNO2. The highest BCUT2D eigenvalue weighted by atomic mass is 19.1. The fraction of sp³-hybridized carbons (Fsp3) is 0. The Balaban J connectivity index is 2.28. The third-order valence-electron chi connectivity index (χ3n) is 3.28. The van der Waals surface area contributed by atoms with E-state index >= 15 is 0 Å². The predicted octanol–water partition coefficient (Wildman–Crippen LogP) is 3.98. The van der Waals surface area contributed by atoms with Crippen molar-refractivity contribution in [2.75, 3.05) is 0 Å². The number of carboxylic acid groups (broad SMARTS) is 1. The average Bonchev–Trinajstić information content (AvgIpc) is 2.93. The van der Waals surface area contributed by atoms with Crippen LogP contribution in [0.3, 0.4) is 0 Å². The summed E-state index contributed by atoms with van der Waals surface area (Å²) in [6, 6.07) is 16.9. The van der Waals surface area contributed by atoms with E-state index in [4.69, 9.17) is 0 Å². The van der Waals surface area contributed by atoms with Gasteiger partial charge >= 0.3 is 5.97 Å². The van der Waals surface area contributed by atoms with Gasteiger partial charge in [-0.25, -0.2) is 9.18 Å². The van der Waals surface area contributed by atoms with Crippen molar-refractivity contribution < 1.29 is 14.3 Å². The summed E-state index contributed by atoms with van der Waals surface area (Å²) in [6.45, 7) is 0. The summed E-state index contributed by atoms with van der Waals surface area (Å²) in [5, 5.41) is 9.35. The van der Waals surface area contributed by atoms with Crippen molar-refractivity contribution in [2.45, 2.75) is 0 Å². The van der Waals surface area contributed by atoms with Crippen molar-refractivity contribution in [3.63, 3.8) is 0 Å². The SMILES string of the molecule is O=C(O)c1ccn(-c2ccccc2F)c1-c1ccccc1. The normalized spacial score (nSPS) is 10.5. The van der Waals surface area contributed by atoms with Crippen LogP contribution in [-0.2, 0) is 0 Å². The minimum atomic E-state index is -1.04. The van der Waals surface area contributed by atoms with E-state index in [0.717, 1.165) is 5.56 Å². The van der Waals surface area contributed by atoms with Crippen LogP contribution in [0.4, 0.5) is 4.39 Å². The molecule has 4 heteroatoms. The zero-order chi connectivity index (χ0) is 14.8. The molecule has 0 atom stereocenters. The molecular weight excluding hydrogens is 269 g/mol. The Kier molecular flexibility index (Phi) is 3.28. The van der Waals surface area contributed by atoms with Gasteiger partial charge in [0.05, 0.1) is 16.9 Å². The molecule has 3 aromatic rings. The van der Waals surface area contributed by atoms with Gasteiger partial charge in [-0.1, -0.05) is 42.5 Å². The third kappa shape index (κ3) is 2.31. The molecule has 0 fully saturated rings. The quantitative estimate of drug-likeness (QED) is 0.789. The van der Waals surface area contributed by atoms with Crippen LogP contribution in [0.2, 0.25) is 0 Å². The molecule has 0 amide bonds. The molecule has 0 spiro atoms. The summed E-state index contributed by atoms with van der Waals surface area (Å²) in [5.74, 6) is -1.44. The maximum absolute atomic E-state index is 14.0. The average molecular weight is 281 g/mol. The molecule has 0 bridgehead atoms. The summed E-state index contributed by atoms with van der Waals surface area (Å²) < 4.78 is 15.6. The van der Waals surface area contributed by atoms with E-state index in [2.05, 4.69) is 0 Å². The molecule has 0 unspecified atom stereocenters. The Labute approximate surface area is 120 Å². The molecule has 2 aromatic carbocycles. The lowest BCUT2D eigenvalue weighted by Gasteiger charge is -2.11. The highest BCUT2D eigenvalue weighted by Crippen LogP contribution is 2.29. The minimum absolute atomic E-state index is 0.143. The Morgan fingerprint density at radius 3 is 2.29 bits per heavy atom. The van der Waals surface area contributed by atoms with Gasteiger partial charge in [0.1, 0.15) is 5.82 Å². The number of rotatable bonds is 3. The summed E-state index contributed by atoms with van der Waals surface area (Å²) in [4.78, 5) is 11.4. The third-order valence-corrected chi connectivity index (χ3v) is 3.28. The fourth-order valence-electron chi connectivity index (χ4n) is 2.34. The monoisotopic (exact) mass is 281 g/mol. The lowest BCUT2D eigenvalue weighted by Crippen LogP contribution is -2.03. The van der Waals surface area contributed by atoms with Gasteiger partial charge < -0.3 is 9.67 Å². The lowest BCUT2D eigenvalue weighted by atomic mass is 10.1. The number of para-hydroxylation sites is 1. The van der Waals surface area contributed by atoms with Gasteiger partial charge in [0.15, 0.2) is 0 Å². The summed E-state index contributed by atoms with van der Waals surface area (Å²) in [6.07, 6.45) is 1.57. The van der Waals surface area contributed by atoms with Crippen molar-refractivity contribution in [1.29, 1.82) is 0 Å². The molecule has 0 radical (unpaired) electrons.